The number of amides is 14. The Morgan fingerprint density at radius 2 is 0.727 bits per heavy atom. The number of hydrogen-bond donors (Lipinski definition) is 12. The summed E-state index contributed by atoms with van der Waals surface area (Å²) in [5, 5.41) is 63.9. The highest BCUT2D eigenvalue weighted by atomic mass is 16.3. The van der Waals surface area contributed by atoms with E-state index in [4.69, 9.17) is 0 Å². The summed E-state index contributed by atoms with van der Waals surface area (Å²) >= 11 is 0. The summed E-state index contributed by atoms with van der Waals surface area (Å²) in [6.45, 7) is 19.4. The maximum Gasteiger partial charge on any atom is 0.248 e. The zero-order valence-corrected chi connectivity index (χ0v) is 61.4. The average Bonchev–Trinajstić information content (AvgIpc) is 0.826. The van der Waals surface area contributed by atoms with Crippen molar-refractivity contribution in [3.05, 3.63) is 35.9 Å². The Bertz CT molecular complexity index is 2990. The van der Waals surface area contributed by atoms with Crippen LogP contribution in [0.25, 0.3) is 0 Å². The molecule has 1 aromatic rings. The van der Waals surface area contributed by atoms with E-state index in [1.54, 1.807) is 113 Å². The van der Waals surface area contributed by atoms with Crippen LogP contribution < -0.4 is 42.5 Å². The lowest BCUT2D eigenvalue weighted by atomic mass is 9.95. The van der Waals surface area contributed by atoms with Crippen molar-refractivity contribution in [1.82, 2.24) is 71.9 Å². The van der Waals surface area contributed by atoms with Gasteiger partial charge in [0.25, 0.3) is 0 Å². The lowest BCUT2D eigenvalue weighted by Crippen LogP contribution is -2.64. The minimum atomic E-state index is -1.75. The first-order valence-electron chi connectivity index (χ1n) is 33.5. The number of nitrogens with zero attached hydrogens (tertiary/aromatic N) is 6. The lowest BCUT2D eigenvalue weighted by Gasteiger charge is -2.37. The average molecular weight is 1400 g/mol. The summed E-state index contributed by atoms with van der Waals surface area (Å²) in [5.41, 5.74) is 0.574. The third-order valence-electron chi connectivity index (χ3n) is 18.0. The number of aliphatic hydroxyl groups is 4. The molecular weight excluding hydrogens is 1290 g/mol. The Labute approximate surface area is 581 Å². The van der Waals surface area contributed by atoms with Crippen LogP contribution in [0.2, 0.25) is 0 Å². The zero-order valence-electron chi connectivity index (χ0n) is 61.4. The predicted octanol–water partition coefficient (Wildman–Crippen LogP) is -3.56. The van der Waals surface area contributed by atoms with Crippen LogP contribution in [-0.2, 0) is 73.5 Å². The van der Waals surface area contributed by atoms with Gasteiger partial charge in [-0.1, -0.05) is 120 Å². The number of carbonyl (C=O) groups excluding carboxylic acids is 14. The van der Waals surface area contributed by atoms with Crippen LogP contribution in [0.1, 0.15) is 116 Å². The Morgan fingerprint density at radius 3 is 1.09 bits per heavy atom. The molecule has 0 saturated carbocycles. The van der Waals surface area contributed by atoms with Gasteiger partial charge < -0.3 is 92.4 Å². The Balaban J connectivity index is 2.85. The molecule has 14 amide bonds. The molecule has 1 aromatic carbocycles. The first-order chi connectivity index (χ1) is 46.0. The molecular formula is C67H112N14O18. The molecule has 1 saturated heterocycles. The fourth-order valence-corrected chi connectivity index (χ4v) is 11.3. The van der Waals surface area contributed by atoms with E-state index in [0.29, 0.717) is 5.56 Å². The van der Waals surface area contributed by atoms with Crippen LogP contribution in [0.4, 0.5) is 0 Å². The van der Waals surface area contributed by atoms with Crippen LogP contribution in [0.15, 0.2) is 30.3 Å². The largest absolute Gasteiger partial charge is 0.394 e. The van der Waals surface area contributed by atoms with E-state index in [1.165, 1.54) is 63.1 Å². The van der Waals surface area contributed by atoms with Crippen LogP contribution in [0.5, 0.6) is 0 Å². The monoisotopic (exact) mass is 1400 g/mol. The molecule has 99 heavy (non-hydrogen) atoms. The number of hydrogen-bond acceptors (Lipinski definition) is 18. The second-order valence-corrected chi connectivity index (χ2v) is 27.4. The van der Waals surface area contributed by atoms with Gasteiger partial charge in [0, 0.05) is 48.7 Å². The molecule has 0 spiro atoms. The van der Waals surface area contributed by atoms with E-state index in [1.807, 2.05) is 0 Å². The van der Waals surface area contributed by atoms with Crippen molar-refractivity contribution < 1.29 is 87.5 Å². The number of rotatable bonds is 13. The van der Waals surface area contributed by atoms with Gasteiger partial charge in [0.05, 0.1) is 38.5 Å². The van der Waals surface area contributed by atoms with E-state index in [2.05, 4.69) is 42.5 Å². The van der Waals surface area contributed by atoms with Gasteiger partial charge >= 0.3 is 0 Å². The fraction of sp³-hybridized carbons (Fsp3) is 0.701. The first-order valence-corrected chi connectivity index (χ1v) is 33.5. The van der Waals surface area contributed by atoms with Crippen molar-refractivity contribution in [3.63, 3.8) is 0 Å². The number of nitrogens with one attached hydrogen (secondary N) is 8. The molecule has 1 fully saturated rings. The van der Waals surface area contributed by atoms with Crippen molar-refractivity contribution >= 4 is 82.7 Å². The smallest absolute Gasteiger partial charge is 0.248 e. The summed E-state index contributed by atoms with van der Waals surface area (Å²) in [7, 11) is 7.35. The number of likely N-dealkylation sites (N-methyl/N-ethyl adjacent to an activating group) is 6. The summed E-state index contributed by atoms with van der Waals surface area (Å²) in [6.07, 6.45) is -3.10. The summed E-state index contributed by atoms with van der Waals surface area (Å²) in [4.78, 5) is 205. The number of benzene rings is 1. The van der Waals surface area contributed by atoms with Crippen molar-refractivity contribution in [2.75, 3.05) is 68.6 Å². The Morgan fingerprint density at radius 1 is 0.394 bits per heavy atom. The van der Waals surface area contributed by atoms with Gasteiger partial charge in [-0.3, -0.25) is 67.1 Å². The number of carbonyl (C=O) groups is 14. The molecule has 558 valence electrons. The quantitative estimate of drug-likeness (QED) is 0.0909. The second kappa shape index (κ2) is 39.4. The third kappa shape index (κ3) is 23.4. The first kappa shape index (κ1) is 86.7. The van der Waals surface area contributed by atoms with Crippen molar-refractivity contribution in [3.8, 4) is 0 Å². The van der Waals surface area contributed by atoms with Gasteiger partial charge in [-0.15, -0.1) is 0 Å². The highest BCUT2D eigenvalue weighted by Gasteiger charge is 2.45. The van der Waals surface area contributed by atoms with Crippen LogP contribution >= 0.6 is 0 Å². The maximum atomic E-state index is 14.7. The van der Waals surface area contributed by atoms with E-state index in [-0.39, 0.29) is 12.8 Å². The molecule has 0 radical (unpaired) electrons. The third-order valence-corrected chi connectivity index (χ3v) is 18.0. The van der Waals surface area contributed by atoms with Gasteiger partial charge in [0.15, 0.2) is 0 Å². The Kier molecular flexibility index (Phi) is 34.5. The SMILES string of the molecule is CC[C@H](C)[C@H]1C(=O)N[C@@H](CO)C(=O)N[C@@H](C(C)C)C(=O)N(C)[C@H](Cc2ccccc2)C(=O)NCC(=O)N[C@@H](C(C)C)C(=O)N(C)[C@@H]([C@H](C)O)C(=O)N[C@@H](C(C)C)C(=O)N(C)[C@@H]([C@@H](C)O)C(=O)N[C@@H](C(C)C)C(=O)N(C)[C@H](C)C(=O)NCC(=O)N[C@@H](C(C)C)C(=O)N(C)[C@@H](CO)C(=O)N1C. The molecule has 32 nitrogen and oxygen atoms in total. The molecule has 12 N–H and O–H groups in total. The molecule has 1 aliphatic rings. The zero-order chi connectivity index (χ0) is 76.1. The van der Waals surface area contributed by atoms with E-state index in [9.17, 15) is 87.5 Å². The van der Waals surface area contributed by atoms with Crippen molar-refractivity contribution in [1.29, 1.82) is 0 Å². The van der Waals surface area contributed by atoms with Gasteiger partial charge in [-0.25, -0.2) is 0 Å². The summed E-state index contributed by atoms with van der Waals surface area (Å²) < 4.78 is 0. The molecule has 1 heterocycles. The molecule has 0 aliphatic carbocycles. The van der Waals surface area contributed by atoms with Crippen LogP contribution in [0.3, 0.4) is 0 Å². The molecule has 15 atom stereocenters. The van der Waals surface area contributed by atoms with E-state index < -0.39 is 229 Å². The van der Waals surface area contributed by atoms with Crippen molar-refractivity contribution in [2.24, 2.45) is 35.5 Å². The molecule has 32 heteroatoms. The van der Waals surface area contributed by atoms with Crippen LogP contribution in [-0.4, -0.2) is 286 Å². The standard InChI is InChI=1S/C67H112N14O18/c1-22-38(12)53-59(91)70-43(31-82)57(89)73-51(36(8)9)65(97)77(17)44(28-42-26-24-23-25-27-42)58(90)69-30-47(87)72-49(34(4)5)66(98)80(20)54(40(14)84)61(93)75-52(37(10)11)67(99)81(21)55(41(15)85)60(92)74-50(35(6)7)63(95)76(16)39(13)56(88)68-29-46(86)71-48(33(2)3)64(96)78(18)45(32-83)62(94)79(53)19/h23-27,33-41,43-45,48-55,82-85H,22,28-32H2,1-21H3,(H,68,88)(H,69,90)(H,70,91)(H,71,86)(H,72,87)(H,73,89)(H,74,92)(H,75,93)/t38-,39+,40-,41+,43-,44+,45-,48-,49-,50-,51-,52-,53-,54-,55-/m0/s1. The predicted molar refractivity (Wildman–Crippen MR) is 364 cm³/mol. The minimum absolute atomic E-state index is 0.125. The topological polar surface area (TPSA) is 436 Å². The second-order valence-electron chi connectivity index (χ2n) is 27.4. The lowest BCUT2D eigenvalue weighted by molar-refractivity contribution is -0.152. The molecule has 0 bridgehead atoms. The van der Waals surface area contributed by atoms with Gasteiger partial charge in [-0.05, 0) is 61.8 Å². The summed E-state index contributed by atoms with van der Waals surface area (Å²) in [6, 6.07) is -9.57. The van der Waals surface area contributed by atoms with Gasteiger partial charge in [0.2, 0.25) is 82.7 Å². The highest BCUT2D eigenvalue weighted by Crippen LogP contribution is 2.21. The molecule has 0 unspecified atom stereocenters. The van der Waals surface area contributed by atoms with Gasteiger partial charge in [0.1, 0.15) is 72.5 Å². The molecule has 0 aromatic heterocycles. The number of aliphatic hydroxyl groups excluding tert-OH is 4. The maximum absolute atomic E-state index is 14.7. The van der Waals surface area contributed by atoms with Crippen molar-refractivity contribution in [2.45, 2.75) is 201 Å². The minimum Gasteiger partial charge on any atom is -0.394 e. The van der Waals surface area contributed by atoms with E-state index in [0.717, 1.165) is 29.4 Å². The summed E-state index contributed by atoms with van der Waals surface area (Å²) in [5.74, 6) is -17.0. The highest BCUT2D eigenvalue weighted by molar-refractivity contribution is 6.00. The normalized spacial score (nSPS) is 27.3. The molecule has 2 rings (SSSR count). The van der Waals surface area contributed by atoms with E-state index >= 15 is 0 Å². The fourth-order valence-electron chi connectivity index (χ4n) is 11.3. The molecule has 1 aliphatic heterocycles. The van der Waals surface area contributed by atoms with Gasteiger partial charge in [-0.2, -0.15) is 0 Å². The van der Waals surface area contributed by atoms with Crippen LogP contribution in [0, 0.1) is 35.5 Å². The Hall–Kier alpha value is -8.36.